The van der Waals surface area contributed by atoms with Crippen LogP contribution < -0.4 is 20.7 Å². The van der Waals surface area contributed by atoms with Gasteiger partial charge in [0.1, 0.15) is 17.3 Å². The SMILES string of the molecule is CN(C(=O)c1nc[nH]c1C(N)=O)c1ccc(NC(=O)c2ccc(OC(F)(F)F)cc2F)cc1. The minimum Gasteiger partial charge on any atom is -0.406 e. The van der Waals surface area contributed by atoms with Gasteiger partial charge in [0.2, 0.25) is 0 Å². The molecule has 4 N–H and O–H groups in total. The highest BCUT2D eigenvalue weighted by atomic mass is 19.4. The van der Waals surface area contributed by atoms with Gasteiger partial charge in [0.05, 0.1) is 11.9 Å². The number of nitrogens with zero attached hydrogens (tertiary/aromatic N) is 2. The van der Waals surface area contributed by atoms with Gasteiger partial charge < -0.3 is 25.7 Å². The standard InChI is InChI=1S/C20H15F4N5O4/c1-29(19(32)16-15(17(25)30)26-9-27-16)11-4-2-10(3-5-11)28-18(31)13-7-6-12(8-14(13)21)33-20(22,23)24/h2-9H,1H3,(H2,25,30)(H,26,27)(H,28,31). The smallest absolute Gasteiger partial charge is 0.406 e. The number of primary amides is 1. The molecule has 0 fully saturated rings. The molecule has 1 heterocycles. The number of alkyl halides is 3. The summed E-state index contributed by atoms with van der Waals surface area (Å²) in [6.45, 7) is 0. The lowest BCUT2D eigenvalue weighted by Crippen LogP contribution is -2.29. The first-order valence-electron chi connectivity index (χ1n) is 9.04. The van der Waals surface area contributed by atoms with Crippen LogP contribution in [0.5, 0.6) is 5.75 Å². The molecule has 0 unspecified atom stereocenters. The number of ether oxygens (including phenoxy) is 1. The van der Waals surface area contributed by atoms with Crippen molar-refractivity contribution in [3.8, 4) is 5.75 Å². The van der Waals surface area contributed by atoms with Gasteiger partial charge in [0.25, 0.3) is 17.7 Å². The molecule has 2 aromatic carbocycles. The van der Waals surface area contributed by atoms with Crippen molar-refractivity contribution < 1.29 is 36.7 Å². The van der Waals surface area contributed by atoms with E-state index in [1.54, 1.807) is 0 Å². The predicted molar refractivity (Wildman–Crippen MR) is 107 cm³/mol. The Morgan fingerprint density at radius 3 is 2.36 bits per heavy atom. The first kappa shape index (κ1) is 23.2. The van der Waals surface area contributed by atoms with E-state index in [1.165, 1.54) is 36.2 Å². The Balaban J connectivity index is 1.70. The van der Waals surface area contributed by atoms with Crippen molar-refractivity contribution in [2.75, 3.05) is 17.3 Å². The van der Waals surface area contributed by atoms with E-state index in [2.05, 4.69) is 20.0 Å². The van der Waals surface area contributed by atoms with E-state index in [0.29, 0.717) is 11.8 Å². The summed E-state index contributed by atoms with van der Waals surface area (Å²) >= 11 is 0. The number of nitrogens with two attached hydrogens (primary N) is 1. The molecule has 9 nitrogen and oxygen atoms in total. The molecule has 0 aliphatic rings. The van der Waals surface area contributed by atoms with E-state index >= 15 is 0 Å². The minimum absolute atomic E-state index is 0.149. The van der Waals surface area contributed by atoms with E-state index in [1.807, 2.05) is 0 Å². The number of benzene rings is 2. The lowest BCUT2D eigenvalue weighted by molar-refractivity contribution is -0.274. The number of carbonyl (C=O) groups excluding carboxylic acids is 3. The number of imidazole rings is 1. The number of aromatic amines is 1. The summed E-state index contributed by atoms with van der Waals surface area (Å²) in [5.74, 6) is -4.39. The van der Waals surface area contributed by atoms with Crippen molar-refractivity contribution in [2.45, 2.75) is 6.36 Å². The van der Waals surface area contributed by atoms with E-state index in [-0.39, 0.29) is 17.1 Å². The van der Waals surface area contributed by atoms with Gasteiger partial charge in [-0.3, -0.25) is 14.4 Å². The third-order valence-electron chi connectivity index (χ3n) is 4.32. The van der Waals surface area contributed by atoms with Gasteiger partial charge in [-0.05, 0) is 36.4 Å². The quantitative estimate of drug-likeness (QED) is 0.482. The second kappa shape index (κ2) is 8.98. The summed E-state index contributed by atoms with van der Waals surface area (Å²) in [6.07, 6.45) is -3.84. The number of amides is 3. The first-order valence-corrected chi connectivity index (χ1v) is 9.04. The third-order valence-corrected chi connectivity index (χ3v) is 4.32. The Hall–Kier alpha value is -4.42. The van der Waals surface area contributed by atoms with Crippen LogP contribution in [0, 0.1) is 5.82 Å². The van der Waals surface area contributed by atoms with Crippen molar-refractivity contribution in [2.24, 2.45) is 5.73 Å². The third kappa shape index (κ3) is 5.44. The average molecular weight is 465 g/mol. The lowest BCUT2D eigenvalue weighted by Gasteiger charge is -2.17. The topological polar surface area (TPSA) is 130 Å². The molecule has 0 radical (unpaired) electrons. The molecule has 0 saturated carbocycles. The molecular formula is C20H15F4N5O4. The molecule has 3 rings (SSSR count). The second-order valence-electron chi connectivity index (χ2n) is 6.55. The van der Waals surface area contributed by atoms with Crippen LogP contribution in [-0.4, -0.2) is 41.1 Å². The highest BCUT2D eigenvalue weighted by Gasteiger charge is 2.31. The van der Waals surface area contributed by atoms with Gasteiger partial charge >= 0.3 is 6.36 Å². The summed E-state index contributed by atoms with van der Waals surface area (Å²) in [4.78, 5) is 43.7. The number of halogens is 4. The minimum atomic E-state index is -4.99. The molecule has 3 aromatic rings. The molecule has 0 spiro atoms. The van der Waals surface area contributed by atoms with Crippen LogP contribution in [0.3, 0.4) is 0 Å². The van der Waals surface area contributed by atoms with Crippen molar-refractivity contribution in [1.29, 1.82) is 0 Å². The molecule has 172 valence electrons. The van der Waals surface area contributed by atoms with Crippen LogP contribution in [0.1, 0.15) is 31.3 Å². The number of H-pyrrole nitrogens is 1. The Morgan fingerprint density at radius 2 is 1.79 bits per heavy atom. The van der Waals surface area contributed by atoms with Crippen LogP contribution >= 0.6 is 0 Å². The van der Waals surface area contributed by atoms with Crippen molar-refractivity contribution in [3.63, 3.8) is 0 Å². The molecule has 0 bridgehead atoms. The number of hydrogen-bond acceptors (Lipinski definition) is 5. The summed E-state index contributed by atoms with van der Waals surface area (Å²) in [7, 11) is 1.43. The number of hydrogen-bond donors (Lipinski definition) is 3. The summed E-state index contributed by atoms with van der Waals surface area (Å²) in [5.41, 5.74) is 4.96. The number of rotatable bonds is 6. The van der Waals surface area contributed by atoms with Crippen LogP contribution in [0.4, 0.5) is 28.9 Å². The van der Waals surface area contributed by atoms with Gasteiger partial charge in [-0.25, -0.2) is 9.37 Å². The maximum Gasteiger partial charge on any atom is 0.573 e. The largest absolute Gasteiger partial charge is 0.573 e. The Bertz CT molecular complexity index is 1210. The number of nitrogens with one attached hydrogen (secondary N) is 2. The fourth-order valence-electron chi connectivity index (χ4n) is 2.76. The van der Waals surface area contributed by atoms with Gasteiger partial charge in [-0.2, -0.15) is 0 Å². The molecule has 0 atom stereocenters. The monoisotopic (exact) mass is 465 g/mol. The van der Waals surface area contributed by atoms with Crippen LogP contribution in [0.2, 0.25) is 0 Å². The van der Waals surface area contributed by atoms with Crippen LogP contribution in [0.25, 0.3) is 0 Å². The Labute approximate surface area is 183 Å². The lowest BCUT2D eigenvalue weighted by atomic mass is 10.1. The molecular weight excluding hydrogens is 450 g/mol. The Morgan fingerprint density at radius 1 is 1.12 bits per heavy atom. The van der Waals surface area contributed by atoms with E-state index in [4.69, 9.17) is 5.73 Å². The van der Waals surface area contributed by atoms with Gasteiger partial charge in [0.15, 0.2) is 5.69 Å². The summed E-state index contributed by atoms with van der Waals surface area (Å²) in [5, 5.41) is 2.39. The second-order valence-corrected chi connectivity index (χ2v) is 6.55. The molecule has 3 amide bonds. The maximum absolute atomic E-state index is 14.1. The number of anilines is 2. The fraction of sp³-hybridized carbons (Fsp3) is 0.100. The molecule has 0 aliphatic heterocycles. The fourth-order valence-corrected chi connectivity index (χ4v) is 2.76. The van der Waals surface area contributed by atoms with E-state index in [9.17, 15) is 31.9 Å². The zero-order valence-corrected chi connectivity index (χ0v) is 16.7. The molecule has 1 aromatic heterocycles. The number of aromatic nitrogens is 2. The van der Waals surface area contributed by atoms with Crippen molar-refractivity contribution >= 4 is 29.1 Å². The maximum atomic E-state index is 14.1. The average Bonchev–Trinajstić information content (AvgIpc) is 3.22. The zero-order valence-electron chi connectivity index (χ0n) is 16.7. The Kier molecular flexibility index (Phi) is 6.33. The van der Waals surface area contributed by atoms with Crippen LogP contribution in [-0.2, 0) is 0 Å². The summed E-state index contributed by atoms with van der Waals surface area (Å²) in [6, 6.07) is 7.85. The normalized spacial score (nSPS) is 11.1. The number of carbonyl (C=O) groups is 3. The van der Waals surface area contributed by atoms with Gasteiger partial charge in [-0.1, -0.05) is 0 Å². The van der Waals surface area contributed by atoms with Crippen molar-refractivity contribution in [1.82, 2.24) is 9.97 Å². The molecule has 0 aliphatic carbocycles. The predicted octanol–water partition coefficient (Wildman–Crippen LogP) is 3.08. The highest BCUT2D eigenvalue weighted by molar-refractivity contribution is 6.11. The molecule has 33 heavy (non-hydrogen) atoms. The molecule has 0 saturated heterocycles. The highest BCUT2D eigenvalue weighted by Crippen LogP contribution is 2.25. The van der Waals surface area contributed by atoms with Crippen LogP contribution in [0.15, 0.2) is 48.8 Å². The van der Waals surface area contributed by atoms with Gasteiger partial charge in [-0.15, -0.1) is 13.2 Å². The van der Waals surface area contributed by atoms with E-state index in [0.717, 1.165) is 18.5 Å². The zero-order chi connectivity index (χ0) is 24.3. The van der Waals surface area contributed by atoms with Crippen molar-refractivity contribution in [3.05, 3.63) is 71.6 Å². The molecule has 13 heteroatoms. The summed E-state index contributed by atoms with van der Waals surface area (Å²) < 4.78 is 54.3. The van der Waals surface area contributed by atoms with Gasteiger partial charge in [0, 0.05) is 24.5 Å². The van der Waals surface area contributed by atoms with E-state index < -0.39 is 41.2 Å². The first-order chi connectivity index (χ1) is 15.5.